The van der Waals surface area contributed by atoms with Gasteiger partial charge in [-0.1, -0.05) is 0 Å². The SMILES string of the molecule is Cc1cc(C(C=O)NC(=O)OC(C)(C)C)nn1C. The largest absolute Gasteiger partial charge is 0.444 e. The molecule has 0 aliphatic rings. The minimum absolute atomic E-state index is 0.496. The molecule has 1 amide bonds. The van der Waals surface area contributed by atoms with Crippen molar-refractivity contribution in [2.45, 2.75) is 39.3 Å². The van der Waals surface area contributed by atoms with Crippen LogP contribution in [0.2, 0.25) is 0 Å². The molecule has 0 saturated carbocycles. The Morgan fingerprint density at radius 2 is 2.17 bits per heavy atom. The van der Waals surface area contributed by atoms with Crippen molar-refractivity contribution in [2.75, 3.05) is 0 Å². The van der Waals surface area contributed by atoms with Crippen LogP contribution in [0.4, 0.5) is 4.79 Å². The van der Waals surface area contributed by atoms with E-state index in [0.29, 0.717) is 12.0 Å². The van der Waals surface area contributed by atoms with Crippen molar-refractivity contribution in [3.8, 4) is 0 Å². The maximum absolute atomic E-state index is 11.6. The molecule has 0 spiro atoms. The Morgan fingerprint density at radius 1 is 1.56 bits per heavy atom. The van der Waals surface area contributed by atoms with Crippen LogP contribution in [-0.2, 0) is 16.6 Å². The highest BCUT2D eigenvalue weighted by Gasteiger charge is 2.21. The Bertz CT molecular complexity index is 426. The predicted octanol–water partition coefficient (Wildman–Crippen LogP) is 1.49. The number of hydrogen-bond acceptors (Lipinski definition) is 4. The molecule has 0 aliphatic heterocycles. The molecular weight excluding hydrogens is 234 g/mol. The molecule has 18 heavy (non-hydrogen) atoms. The molecule has 1 unspecified atom stereocenters. The molecule has 0 aromatic carbocycles. The average Bonchev–Trinajstić information content (AvgIpc) is 2.53. The summed E-state index contributed by atoms with van der Waals surface area (Å²) in [6.45, 7) is 7.14. The third-order valence-corrected chi connectivity index (χ3v) is 2.26. The molecule has 6 heteroatoms. The summed E-state index contributed by atoms with van der Waals surface area (Å²) < 4.78 is 6.73. The molecule has 0 radical (unpaired) electrons. The summed E-state index contributed by atoms with van der Waals surface area (Å²) in [6, 6.07) is 0.955. The molecule has 0 saturated heterocycles. The van der Waals surface area contributed by atoms with Crippen molar-refractivity contribution >= 4 is 12.4 Å². The molecule has 6 nitrogen and oxygen atoms in total. The van der Waals surface area contributed by atoms with Crippen molar-refractivity contribution in [1.82, 2.24) is 15.1 Å². The molecule has 100 valence electrons. The third-order valence-electron chi connectivity index (χ3n) is 2.26. The van der Waals surface area contributed by atoms with Gasteiger partial charge in [0.05, 0.1) is 5.69 Å². The number of aldehydes is 1. The Morgan fingerprint density at radius 3 is 2.56 bits per heavy atom. The lowest BCUT2D eigenvalue weighted by molar-refractivity contribution is -0.109. The maximum atomic E-state index is 11.6. The third kappa shape index (κ3) is 3.87. The van der Waals surface area contributed by atoms with Gasteiger partial charge in [-0.2, -0.15) is 5.10 Å². The lowest BCUT2D eigenvalue weighted by Crippen LogP contribution is -2.35. The molecule has 0 bridgehead atoms. The van der Waals surface area contributed by atoms with E-state index in [4.69, 9.17) is 4.74 Å². The number of alkyl carbamates (subject to hydrolysis) is 1. The number of amides is 1. The molecule has 1 aromatic heterocycles. The number of hydrogen-bond donors (Lipinski definition) is 1. The number of nitrogens with one attached hydrogen (secondary N) is 1. The van der Waals surface area contributed by atoms with Gasteiger partial charge in [-0.25, -0.2) is 4.79 Å². The topological polar surface area (TPSA) is 73.2 Å². The molecular formula is C12H19N3O3. The van der Waals surface area contributed by atoms with Crippen LogP contribution in [0.5, 0.6) is 0 Å². The highest BCUT2D eigenvalue weighted by Crippen LogP contribution is 2.12. The predicted molar refractivity (Wildman–Crippen MR) is 66.1 cm³/mol. The van der Waals surface area contributed by atoms with Gasteiger partial charge in [-0.15, -0.1) is 0 Å². The number of ether oxygens (including phenoxy) is 1. The zero-order valence-corrected chi connectivity index (χ0v) is 11.4. The summed E-state index contributed by atoms with van der Waals surface area (Å²) >= 11 is 0. The number of carbonyl (C=O) groups is 2. The van der Waals surface area contributed by atoms with Crippen LogP contribution in [0, 0.1) is 6.92 Å². The lowest BCUT2D eigenvalue weighted by Gasteiger charge is -2.20. The van der Waals surface area contributed by atoms with Crippen LogP contribution in [-0.4, -0.2) is 27.8 Å². The van der Waals surface area contributed by atoms with Crippen molar-refractivity contribution in [2.24, 2.45) is 7.05 Å². The van der Waals surface area contributed by atoms with Crippen molar-refractivity contribution < 1.29 is 14.3 Å². The Hall–Kier alpha value is -1.85. The van der Waals surface area contributed by atoms with Gasteiger partial charge in [0.25, 0.3) is 0 Å². The summed E-state index contributed by atoms with van der Waals surface area (Å²) in [7, 11) is 1.77. The highest BCUT2D eigenvalue weighted by atomic mass is 16.6. The minimum Gasteiger partial charge on any atom is -0.444 e. The van der Waals surface area contributed by atoms with Crippen LogP contribution in [0.1, 0.15) is 38.2 Å². The van der Waals surface area contributed by atoms with E-state index in [0.717, 1.165) is 5.69 Å². The van der Waals surface area contributed by atoms with Crippen LogP contribution >= 0.6 is 0 Å². The fraction of sp³-hybridized carbons (Fsp3) is 0.583. The van der Waals surface area contributed by atoms with E-state index in [2.05, 4.69) is 10.4 Å². The van der Waals surface area contributed by atoms with Crippen LogP contribution in [0.25, 0.3) is 0 Å². The molecule has 1 heterocycles. The summed E-state index contributed by atoms with van der Waals surface area (Å²) in [5.74, 6) is 0. The summed E-state index contributed by atoms with van der Waals surface area (Å²) in [6.07, 6.45) is -0.00555. The minimum atomic E-state index is -0.792. The first kappa shape index (κ1) is 14.2. The quantitative estimate of drug-likeness (QED) is 0.828. The second kappa shape index (κ2) is 5.20. The van der Waals surface area contributed by atoms with Gasteiger partial charge >= 0.3 is 6.09 Å². The van der Waals surface area contributed by atoms with Crippen molar-refractivity contribution in [3.05, 3.63) is 17.5 Å². The van der Waals surface area contributed by atoms with Crippen LogP contribution in [0.15, 0.2) is 6.07 Å². The van der Waals surface area contributed by atoms with Gasteiger partial charge in [0, 0.05) is 12.7 Å². The number of nitrogens with zero attached hydrogens (tertiary/aromatic N) is 2. The van der Waals surface area contributed by atoms with E-state index in [-0.39, 0.29) is 0 Å². The molecule has 0 aliphatic carbocycles. The van der Waals surface area contributed by atoms with Gasteiger partial charge < -0.3 is 14.8 Å². The first-order valence-corrected chi connectivity index (χ1v) is 5.68. The standard InChI is InChI=1S/C12H19N3O3/c1-8-6-9(14-15(8)5)10(7-16)13-11(17)18-12(2,3)4/h6-7,10H,1-5H3,(H,13,17). The zero-order chi connectivity index (χ0) is 13.9. The summed E-state index contributed by atoms with van der Waals surface area (Å²) in [5, 5.41) is 6.62. The first-order valence-electron chi connectivity index (χ1n) is 5.68. The van der Waals surface area contributed by atoms with Gasteiger partial charge in [-0.3, -0.25) is 4.68 Å². The smallest absolute Gasteiger partial charge is 0.408 e. The lowest BCUT2D eigenvalue weighted by atomic mass is 10.2. The molecule has 1 atom stereocenters. The molecule has 1 aromatic rings. The second-order valence-corrected chi connectivity index (χ2v) is 5.09. The Labute approximate surface area is 106 Å². The summed E-state index contributed by atoms with van der Waals surface area (Å²) in [4.78, 5) is 22.6. The second-order valence-electron chi connectivity index (χ2n) is 5.09. The number of rotatable bonds is 3. The van der Waals surface area contributed by atoms with E-state index in [1.807, 2.05) is 6.92 Å². The van der Waals surface area contributed by atoms with E-state index >= 15 is 0 Å². The zero-order valence-electron chi connectivity index (χ0n) is 11.4. The van der Waals surface area contributed by atoms with Gasteiger partial charge in [0.1, 0.15) is 17.9 Å². The maximum Gasteiger partial charge on any atom is 0.408 e. The summed E-state index contributed by atoms with van der Waals surface area (Å²) in [5.41, 5.74) is 0.802. The van der Waals surface area contributed by atoms with E-state index in [1.54, 1.807) is 38.6 Å². The highest BCUT2D eigenvalue weighted by molar-refractivity contribution is 5.74. The van der Waals surface area contributed by atoms with Gasteiger partial charge in [0.15, 0.2) is 0 Å². The first-order chi connectivity index (χ1) is 8.23. The fourth-order valence-electron chi connectivity index (χ4n) is 1.35. The van der Waals surface area contributed by atoms with Gasteiger partial charge in [0.2, 0.25) is 0 Å². The van der Waals surface area contributed by atoms with Crippen LogP contribution < -0.4 is 5.32 Å². The average molecular weight is 253 g/mol. The van der Waals surface area contributed by atoms with E-state index < -0.39 is 17.7 Å². The van der Waals surface area contributed by atoms with Crippen molar-refractivity contribution in [1.29, 1.82) is 0 Å². The molecule has 0 fully saturated rings. The molecule has 1 N–H and O–H groups in total. The van der Waals surface area contributed by atoms with E-state index in [9.17, 15) is 9.59 Å². The normalized spacial score (nSPS) is 12.9. The van der Waals surface area contributed by atoms with Crippen molar-refractivity contribution in [3.63, 3.8) is 0 Å². The monoisotopic (exact) mass is 253 g/mol. The van der Waals surface area contributed by atoms with Gasteiger partial charge in [-0.05, 0) is 33.8 Å². The van der Waals surface area contributed by atoms with E-state index in [1.165, 1.54) is 0 Å². The molecule has 1 rings (SSSR count). The number of aryl methyl sites for hydroxylation is 2. The Kier molecular flexibility index (Phi) is 4.11. The van der Waals surface area contributed by atoms with Crippen LogP contribution in [0.3, 0.4) is 0 Å². The fourth-order valence-corrected chi connectivity index (χ4v) is 1.35. The number of carbonyl (C=O) groups excluding carboxylic acids is 2. The number of aromatic nitrogens is 2. The Balaban J connectivity index is 2.74.